The highest BCUT2D eigenvalue weighted by atomic mass is 16.5. The SMILES string of the molecule is CCCCC[C@H](O)/C=C/[C@H]1[C@H]2CO[C@@H](C2)[C@@H]1C/C=C/CCCC(=O)O. The molecule has 0 amide bonds. The van der Waals surface area contributed by atoms with Gasteiger partial charge in [-0.25, -0.2) is 0 Å². The molecule has 0 radical (unpaired) electrons. The third-order valence-electron chi connectivity index (χ3n) is 5.57. The standard InChI is InChI=1S/C21H34O4/c1-2-3-6-9-17(22)12-13-18-16-14-20(25-15-16)19(18)10-7-4-5-8-11-21(23)24/h4,7,12-13,16-20,22H,2-3,5-6,8-11,14-15H2,1H3,(H,23,24)/b7-4+,13-12+/t16-,17+,18+,19-,20+/m1/s1. The molecule has 0 aromatic carbocycles. The second-order valence-electron chi connectivity index (χ2n) is 7.55. The Balaban J connectivity index is 1.78. The highest BCUT2D eigenvalue weighted by molar-refractivity contribution is 5.66. The average Bonchev–Trinajstić information content (AvgIpc) is 3.17. The Kier molecular flexibility index (Phi) is 8.70. The van der Waals surface area contributed by atoms with Crippen LogP contribution in [0.1, 0.15) is 64.7 Å². The van der Waals surface area contributed by atoms with Crippen molar-refractivity contribution in [2.45, 2.75) is 76.9 Å². The Morgan fingerprint density at radius 3 is 2.88 bits per heavy atom. The third kappa shape index (κ3) is 6.59. The van der Waals surface area contributed by atoms with E-state index in [4.69, 9.17) is 9.84 Å². The van der Waals surface area contributed by atoms with E-state index in [2.05, 4.69) is 25.2 Å². The van der Waals surface area contributed by atoms with Gasteiger partial charge in [0.25, 0.3) is 0 Å². The van der Waals surface area contributed by atoms with Gasteiger partial charge in [0, 0.05) is 6.42 Å². The first-order valence-corrected chi connectivity index (χ1v) is 9.96. The van der Waals surface area contributed by atoms with Crippen LogP contribution in [0.2, 0.25) is 0 Å². The molecule has 1 aliphatic carbocycles. The lowest BCUT2D eigenvalue weighted by atomic mass is 9.85. The monoisotopic (exact) mass is 350 g/mol. The zero-order valence-corrected chi connectivity index (χ0v) is 15.5. The zero-order valence-electron chi connectivity index (χ0n) is 15.5. The number of hydrogen-bond donors (Lipinski definition) is 2. The smallest absolute Gasteiger partial charge is 0.303 e. The summed E-state index contributed by atoms with van der Waals surface area (Å²) >= 11 is 0. The highest BCUT2D eigenvalue weighted by Crippen LogP contribution is 2.47. The molecule has 1 saturated heterocycles. The van der Waals surface area contributed by atoms with Crippen LogP contribution < -0.4 is 0 Å². The molecule has 4 heteroatoms. The Bertz CT molecular complexity index is 457. The Morgan fingerprint density at radius 2 is 2.12 bits per heavy atom. The van der Waals surface area contributed by atoms with Crippen molar-refractivity contribution in [1.29, 1.82) is 0 Å². The number of rotatable bonds is 12. The second kappa shape index (κ2) is 10.8. The molecule has 0 aromatic heterocycles. The van der Waals surface area contributed by atoms with Gasteiger partial charge in [-0.2, -0.15) is 0 Å². The molecule has 142 valence electrons. The molecule has 4 nitrogen and oxygen atoms in total. The number of unbranched alkanes of at least 4 members (excludes halogenated alkanes) is 3. The van der Waals surface area contributed by atoms with Gasteiger partial charge in [0.15, 0.2) is 0 Å². The molecule has 25 heavy (non-hydrogen) atoms. The third-order valence-corrected chi connectivity index (χ3v) is 5.57. The first kappa shape index (κ1) is 20.2. The summed E-state index contributed by atoms with van der Waals surface area (Å²) in [5, 5.41) is 18.8. The summed E-state index contributed by atoms with van der Waals surface area (Å²) in [6, 6.07) is 0. The van der Waals surface area contributed by atoms with Crippen molar-refractivity contribution in [3.63, 3.8) is 0 Å². The van der Waals surface area contributed by atoms with Gasteiger partial charge in [-0.3, -0.25) is 4.79 Å². The predicted molar refractivity (Wildman–Crippen MR) is 99.4 cm³/mol. The Hall–Kier alpha value is -1.13. The van der Waals surface area contributed by atoms with E-state index in [1.54, 1.807) is 0 Å². The van der Waals surface area contributed by atoms with Crippen LogP contribution >= 0.6 is 0 Å². The fourth-order valence-corrected chi connectivity index (χ4v) is 4.15. The van der Waals surface area contributed by atoms with Crippen molar-refractivity contribution in [2.24, 2.45) is 17.8 Å². The van der Waals surface area contributed by atoms with Crippen LogP contribution in [0.5, 0.6) is 0 Å². The minimum absolute atomic E-state index is 0.239. The zero-order chi connectivity index (χ0) is 18.1. The predicted octanol–water partition coefficient (Wildman–Crippen LogP) is 4.34. The minimum atomic E-state index is -0.724. The van der Waals surface area contributed by atoms with Crippen LogP contribution in [0.15, 0.2) is 24.3 Å². The molecule has 5 atom stereocenters. The van der Waals surface area contributed by atoms with Gasteiger partial charge in [0.1, 0.15) is 0 Å². The molecule has 2 aliphatic rings. The van der Waals surface area contributed by atoms with Crippen LogP contribution in [0, 0.1) is 17.8 Å². The molecule has 0 unspecified atom stereocenters. The van der Waals surface area contributed by atoms with E-state index >= 15 is 0 Å². The molecular weight excluding hydrogens is 316 g/mol. The number of carboxylic acid groups (broad SMARTS) is 1. The lowest BCUT2D eigenvalue weighted by Gasteiger charge is -2.28. The number of allylic oxidation sites excluding steroid dienone is 3. The van der Waals surface area contributed by atoms with Gasteiger partial charge in [0.2, 0.25) is 0 Å². The fourth-order valence-electron chi connectivity index (χ4n) is 4.15. The van der Waals surface area contributed by atoms with Crippen LogP contribution in [0.3, 0.4) is 0 Å². The second-order valence-corrected chi connectivity index (χ2v) is 7.55. The minimum Gasteiger partial charge on any atom is -0.481 e. The van der Waals surface area contributed by atoms with Crippen molar-refractivity contribution < 1.29 is 19.7 Å². The van der Waals surface area contributed by atoms with Crippen molar-refractivity contribution in [3.8, 4) is 0 Å². The molecule has 0 spiro atoms. The molecule has 1 aliphatic heterocycles. The molecule has 2 rings (SSSR count). The van der Waals surface area contributed by atoms with E-state index in [-0.39, 0.29) is 12.5 Å². The fraction of sp³-hybridized carbons (Fsp3) is 0.762. The maximum absolute atomic E-state index is 10.5. The van der Waals surface area contributed by atoms with Crippen LogP contribution in [0.25, 0.3) is 0 Å². The molecular formula is C21H34O4. The summed E-state index contributed by atoms with van der Waals surface area (Å²) in [6.07, 6.45) is 16.8. The van der Waals surface area contributed by atoms with E-state index in [9.17, 15) is 9.90 Å². The number of aliphatic hydroxyl groups is 1. The quantitative estimate of drug-likeness (QED) is 0.406. The number of ether oxygens (including phenoxy) is 1. The summed E-state index contributed by atoms with van der Waals surface area (Å²) in [6.45, 7) is 3.03. The molecule has 0 aromatic rings. The molecule has 2 bridgehead atoms. The topological polar surface area (TPSA) is 66.8 Å². The number of carbonyl (C=O) groups is 1. The van der Waals surface area contributed by atoms with Crippen molar-refractivity contribution >= 4 is 5.97 Å². The van der Waals surface area contributed by atoms with Crippen molar-refractivity contribution in [1.82, 2.24) is 0 Å². The molecule has 2 N–H and O–H groups in total. The van der Waals surface area contributed by atoms with Crippen molar-refractivity contribution in [3.05, 3.63) is 24.3 Å². The van der Waals surface area contributed by atoms with Crippen molar-refractivity contribution in [2.75, 3.05) is 6.61 Å². The van der Waals surface area contributed by atoms with E-state index in [0.29, 0.717) is 30.3 Å². The number of fused-ring (bicyclic) bond motifs is 2. The number of carboxylic acids is 1. The van der Waals surface area contributed by atoms with Gasteiger partial charge >= 0.3 is 5.97 Å². The summed E-state index contributed by atoms with van der Waals surface area (Å²) in [4.78, 5) is 10.5. The van der Waals surface area contributed by atoms with E-state index in [0.717, 1.165) is 38.7 Å². The van der Waals surface area contributed by atoms with Crippen LogP contribution in [-0.4, -0.2) is 35.0 Å². The van der Waals surface area contributed by atoms with Gasteiger partial charge in [-0.15, -0.1) is 0 Å². The summed E-state index contributed by atoms with van der Waals surface area (Å²) in [5.74, 6) is 0.865. The van der Waals surface area contributed by atoms with Gasteiger partial charge in [-0.1, -0.05) is 50.5 Å². The summed E-state index contributed by atoms with van der Waals surface area (Å²) in [5.41, 5.74) is 0. The number of hydrogen-bond acceptors (Lipinski definition) is 3. The number of aliphatic carboxylic acids is 1. The van der Waals surface area contributed by atoms with Gasteiger partial charge in [-0.05, 0) is 49.9 Å². The maximum Gasteiger partial charge on any atom is 0.303 e. The van der Waals surface area contributed by atoms with Crippen LogP contribution in [-0.2, 0) is 9.53 Å². The molecule has 1 heterocycles. The average molecular weight is 350 g/mol. The van der Waals surface area contributed by atoms with Crippen LogP contribution in [0.4, 0.5) is 0 Å². The largest absolute Gasteiger partial charge is 0.481 e. The van der Waals surface area contributed by atoms with Gasteiger partial charge in [0.05, 0.1) is 18.8 Å². The first-order chi connectivity index (χ1) is 12.1. The van der Waals surface area contributed by atoms with E-state index < -0.39 is 5.97 Å². The normalized spacial score (nSPS) is 29.8. The lowest BCUT2D eigenvalue weighted by molar-refractivity contribution is -0.137. The summed E-state index contributed by atoms with van der Waals surface area (Å²) in [7, 11) is 0. The first-order valence-electron chi connectivity index (χ1n) is 9.96. The van der Waals surface area contributed by atoms with Gasteiger partial charge < -0.3 is 14.9 Å². The Labute approximate surface area is 152 Å². The number of aliphatic hydroxyl groups excluding tert-OH is 1. The van der Waals surface area contributed by atoms with E-state index in [1.807, 2.05) is 6.08 Å². The lowest BCUT2D eigenvalue weighted by Crippen LogP contribution is -2.27. The highest BCUT2D eigenvalue weighted by Gasteiger charge is 2.46. The molecule has 2 fully saturated rings. The molecule has 1 saturated carbocycles. The van der Waals surface area contributed by atoms with E-state index in [1.165, 1.54) is 12.8 Å². The maximum atomic E-state index is 10.5. The Morgan fingerprint density at radius 1 is 1.28 bits per heavy atom. The summed E-state index contributed by atoms with van der Waals surface area (Å²) < 4.78 is 5.88.